The molecule has 0 saturated heterocycles. The summed E-state index contributed by atoms with van der Waals surface area (Å²) in [5.74, 6) is -0.0625. The van der Waals surface area contributed by atoms with Crippen LogP contribution >= 0.6 is 23.2 Å². The maximum atomic E-state index is 12.3. The molecule has 0 aliphatic heterocycles. The van der Waals surface area contributed by atoms with Crippen molar-refractivity contribution >= 4 is 29.0 Å². The van der Waals surface area contributed by atoms with Crippen molar-refractivity contribution < 1.29 is 4.79 Å². The predicted octanol–water partition coefficient (Wildman–Crippen LogP) is 4.53. The maximum absolute atomic E-state index is 12.3. The number of benzene rings is 2. The lowest BCUT2D eigenvalue weighted by Gasteiger charge is -2.06. The Labute approximate surface area is 110 Å². The van der Waals surface area contributed by atoms with Crippen LogP contribution in [0.4, 0.5) is 0 Å². The van der Waals surface area contributed by atoms with E-state index in [1.165, 1.54) is 0 Å². The summed E-state index contributed by atoms with van der Waals surface area (Å²) < 4.78 is 0. The summed E-state index contributed by atoms with van der Waals surface area (Å²) in [4.78, 5) is 12.3. The van der Waals surface area contributed by atoms with Gasteiger partial charge in [0.05, 0.1) is 0 Å². The van der Waals surface area contributed by atoms with Crippen molar-refractivity contribution in [3.8, 4) is 0 Å². The molecule has 0 aliphatic rings. The fraction of sp³-hybridized carbons (Fsp3) is 0.0714. The number of carbonyl (C=O) groups excluding carboxylic acids is 1. The Bertz CT molecular complexity index is 576. The monoisotopic (exact) mass is 264 g/mol. The van der Waals surface area contributed by atoms with Crippen LogP contribution in [-0.4, -0.2) is 5.78 Å². The molecular formula is C14H10Cl2O. The van der Waals surface area contributed by atoms with E-state index < -0.39 is 0 Å². The Morgan fingerprint density at radius 2 is 1.76 bits per heavy atom. The van der Waals surface area contributed by atoms with Gasteiger partial charge in [0.25, 0.3) is 0 Å². The highest BCUT2D eigenvalue weighted by molar-refractivity contribution is 6.32. The number of carbonyl (C=O) groups is 1. The molecule has 17 heavy (non-hydrogen) atoms. The minimum absolute atomic E-state index is 0.0625. The van der Waals surface area contributed by atoms with E-state index in [9.17, 15) is 4.79 Å². The summed E-state index contributed by atoms with van der Waals surface area (Å²) in [6, 6.07) is 12.2. The van der Waals surface area contributed by atoms with Crippen molar-refractivity contribution in [1.82, 2.24) is 0 Å². The third-order valence-electron chi connectivity index (χ3n) is 2.60. The molecular weight excluding hydrogens is 255 g/mol. The second-order valence-electron chi connectivity index (χ2n) is 3.75. The molecule has 0 N–H and O–H groups in total. The van der Waals surface area contributed by atoms with E-state index >= 15 is 0 Å². The van der Waals surface area contributed by atoms with Crippen LogP contribution in [0.2, 0.25) is 10.0 Å². The van der Waals surface area contributed by atoms with Crippen LogP contribution < -0.4 is 0 Å². The Hall–Kier alpha value is -1.31. The molecule has 0 aliphatic carbocycles. The van der Waals surface area contributed by atoms with Crippen LogP contribution in [-0.2, 0) is 0 Å². The average Bonchev–Trinajstić information content (AvgIpc) is 2.32. The summed E-state index contributed by atoms with van der Waals surface area (Å²) in [6.07, 6.45) is 0. The van der Waals surface area contributed by atoms with Crippen LogP contribution in [0.3, 0.4) is 0 Å². The zero-order valence-corrected chi connectivity index (χ0v) is 10.7. The van der Waals surface area contributed by atoms with Gasteiger partial charge in [-0.25, -0.2) is 0 Å². The van der Waals surface area contributed by atoms with Crippen molar-refractivity contribution in [3.63, 3.8) is 0 Å². The first-order valence-corrected chi connectivity index (χ1v) is 5.90. The summed E-state index contributed by atoms with van der Waals surface area (Å²) in [5, 5.41) is 1.15. The SMILES string of the molecule is Cc1c(Cl)cccc1C(=O)c1cccc(Cl)c1. The van der Waals surface area contributed by atoms with Crippen LogP contribution in [0.1, 0.15) is 21.5 Å². The predicted molar refractivity (Wildman–Crippen MR) is 71.1 cm³/mol. The van der Waals surface area contributed by atoms with Crippen molar-refractivity contribution in [1.29, 1.82) is 0 Å². The molecule has 2 aromatic rings. The third kappa shape index (κ3) is 2.51. The van der Waals surface area contributed by atoms with E-state index in [1.54, 1.807) is 42.5 Å². The van der Waals surface area contributed by atoms with E-state index in [0.29, 0.717) is 21.2 Å². The molecule has 1 nitrogen and oxygen atoms in total. The van der Waals surface area contributed by atoms with E-state index in [0.717, 1.165) is 5.56 Å². The molecule has 86 valence electrons. The normalized spacial score (nSPS) is 10.3. The van der Waals surface area contributed by atoms with Gasteiger partial charge in [0, 0.05) is 21.2 Å². The molecule has 2 aromatic carbocycles. The van der Waals surface area contributed by atoms with Gasteiger partial charge in [0.2, 0.25) is 0 Å². The van der Waals surface area contributed by atoms with Gasteiger partial charge in [0.1, 0.15) is 0 Å². The van der Waals surface area contributed by atoms with Crippen molar-refractivity contribution in [2.24, 2.45) is 0 Å². The molecule has 0 amide bonds. The highest BCUT2D eigenvalue weighted by Gasteiger charge is 2.13. The number of ketones is 1. The summed E-state index contributed by atoms with van der Waals surface area (Å²) in [5.41, 5.74) is 1.97. The number of hydrogen-bond acceptors (Lipinski definition) is 1. The Balaban J connectivity index is 2.48. The third-order valence-corrected chi connectivity index (χ3v) is 3.24. The molecule has 0 saturated carbocycles. The number of hydrogen-bond donors (Lipinski definition) is 0. The van der Waals surface area contributed by atoms with Crippen LogP contribution in [0, 0.1) is 6.92 Å². The van der Waals surface area contributed by atoms with E-state index in [-0.39, 0.29) is 5.78 Å². The molecule has 0 unspecified atom stereocenters. The van der Waals surface area contributed by atoms with Gasteiger partial charge in [-0.15, -0.1) is 0 Å². The molecule has 0 fully saturated rings. The lowest BCUT2D eigenvalue weighted by atomic mass is 9.99. The molecule has 3 heteroatoms. The lowest BCUT2D eigenvalue weighted by Crippen LogP contribution is -2.03. The molecule has 2 rings (SSSR count). The largest absolute Gasteiger partial charge is 0.289 e. The average molecular weight is 265 g/mol. The molecule has 0 spiro atoms. The van der Waals surface area contributed by atoms with E-state index in [1.807, 2.05) is 6.92 Å². The standard InChI is InChI=1S/C14H10Cl2O/c1-9-12(6-3-7-13(9)16)14(17)10-4-2-5-11(15)8-10/h2-8H,1H3. The fourth-order valence-electron chi connectivity index (χ4n) is 1.64. The van der Waals surface area contributed by atoms with Gasteiger partial charge in [-0.3, -0.25) is 4.79 Å². The van der Waals surface area contributed by atoms with Crippen molar-refractivity contribution in [2.75, 3.05) is 0 Å². The molecule has 0 heterocycles. The Morgan fingerprint density at radius 3 is 2.47 bits per heavy atom. The molecule has 0 atom stereocenters. The molecule has 0 radical (unpaired) electrons. The lowest BCUT2D eigenvalue weighted by molar-refractivity contribution is 0.103. The molecule has 0 bridgehead atoms. The number of halogens is 2. The minimum Gasteiger partial charge on any atom is -0.289 e. The minimum atomic E-state index is -0.0625. The van der Waals surface area contributed by atoms with Crippen LogP contribution in [0.25, 0.3) is 0 Å². The van der Waals surface area contributed by atoms with Crippen molar-refractivity contribution in [2.45, 2.75) is 6.92 Å². The fourth-order valence-corrected chi connectivity index (χ4v) is 2.00. The van der Waals surface area contributed by atoms with Gasteiger partial charge in [-0.05, 0) is 30.7 Å². The van der Waals surface area contributed by atoms with Crippen LogP contribution in [0.15, 0.2) is 42.5 Å². The second-order valence-corrected chi connectivity index (χ2v) is 4.60. The Kier molecular flexibility index (Phi) is 3.51. The van der Waals surface area contributed by atoms with E-state index in [2.05, 4.69) is 0 Å². The maximum Gasteiger partial charge on any atom is 0.193 e. The second kappa shape index (κ2) is 4.91. The first-order valence-electron chi connectivity index (χ1n) is 5.15. The van der Waals surface area contributed by atoms with Gasteiger partial charge < -0.3 is 0 Å². The highest BCUT2D eigenvalue weighted by atomic mass is 35.5. The quantitative estimate of drug-likeness (QED) is 0.729. The zero-order chi connectivity index (χ0) is 12.4. The number of rotatable bonds is 2. The van der Waals surface area contributed by atoms with Gasteiger partial charge in [0.15, 0.2) is 5.78 Å². The van der Waals surface area contributed by atoms with Gasteiger partial charge in [-0.1, -0.05) is 47.5 Å². The summed E-state index contributed by atoms with van der Waals surface area (Å²) in [6.45, 7) is 1.83. The molecule has 0 aromatic heterocycles. The summed E-state index contributed by atoms with van der Waals surface area (Å²) in [7, 11) is 0. The Morgan fingerprint density at radius 1 is 1.06 bits per heavy atom. The first kappa shape index (κ1) is 12.2. The van der Waals surface area contributed by atoms with Crippen LogP contribution in [0.5, 0.6) is 0 Å². The highest BCUT2D eigenvalue weighted by Crippen LogP contribution is 2.22. The first-order chi connectivity index (χ1) is 8.09. The topological polar surface area (TPSA) is 17.1 Å². The zero-order valence-electron chi connectivity index (χ0n) is 9.21. The van der Waals surface area contributed by atoms with Gasteiger partial charge >= 0.3 is 0 Å². The van der Waals surface area contributed by atoms with E-state index in [4.69, 9.17) is 23.2 Å². The van der Waals surface area contributed by atoms with Crippen molar-refractivity contribution in [3.05, 3.63) is 69.2 Å². The van der Waals surface area contributed by atoms with Gasteiger partial charge in [-0.2, -0.15) is 0 Å². The summed E-state index contributed by atoms with van der Waals surface area (Å²) >= 11 is 11.9. The smallest absolute Gasteiger partial charge is 0.193 e.